The molecule has 4 rings (SSSR count). The smallest absolute Gasteiger partial charge is 0.459 e. The number of aromatic nitrogens is 3. The highest BCUT2D eigenvalue weighted by Crippen LogP contribution is 2.48. The summed E-state index contributed by atoms with van der Waals surface area (Å²) in [7, 11) is -4.43. The second kappa shape index (κ2) is 12.3. The van der Waals surface area contributed by atoms with Gasteiger partial charge in [0.1, 0.15) is 54.6 Å². The van der Waals surface area contributed by atoms with Gasteiger partial charge in [-0.15, -0.1) is 0 Å². The van der Waals surface area contributed by atoms with E-state index in [0.29, 0.717) is 5.52 Å². The molecule has 1 aliphatic rings. The van der Waals surface area contributed by atoms with Crippen LogP contribution >= 0.6 is 7.75 Å². The Morgan fingerprint density at radius 2 is 2.00 bits per heavy atom. The van der Waals surface area contributed by atoms with Crippen LogP contribution in [0.3, 0.4) is 0 Å². The standard InChI is InChI=1S/C27H35N6O8P/c1-5-18(25(36)38-14-26(2,3)4)32-42(37,41-17-9-7-6-8-10-17)39-15-27(13-28)23(35)21(34)22(40-27)19-11-12-20-24(29)30-16-31-33(19)20/h6-12,16,18,21-23,34-35H,5,14-15H2,1-4H3,(H,32,37)(H2,29,30,31)/t18-,21-,22-,23-,27+,42?/m0/s1. The Hall–Kier alpha value is -3.57. The van der Waals surface area contributed by atoms with Gasteiger partial charge >= 0.3 is 13.7 Å². The van der Waals surface area contributed by atoms with Gasteiger partial charge < -0.3 is 29.9 Å². The number of nitriles is 1. The molecule has 1 saturated heterocycles. The van der Waals surface area contributed by atoms with Gasteiger partial charge in [-0.1, -0.05) is 45.9 Å². The van der Waals surface area contributed by atoms with Gasteiger partial charge in [0, 0.05) is 0 Å². The van der Waals surface area contributed by atoms with Crippen molar-refractivity contribution in [2.24, 2.45) is 5.41 Å². The molecule has 1 unspecified atom stereocenters. The number of nitrogens with one attached hydrogen (secondary N) is 1. The number of nitrogens with two attached hydrogens (primary N) is 1. The van der Waals surface area contributed by atoms with Crippen LogP contribution in [0.4, 0.5) is 5.82 Å². The molecule has 0 spiro atoms. The number of anilines is 1. The average molecular weight is 603 g/mol. The number of para-hydroxylation sites is 1. The van der Waals surface area contributed by atoms with E-state index in [4.69, 9.17) is 24.3 Å². The predicted molar refractivity (Wildman–Crippen MR) is 150 cm³/mol. The van der Waals surface area contributed by atoms with Gasteiger partial charge in [0.05, 0.1) is 12.3 Å². The number of fused-ring (bicyclic) bond motifs is 1. The Morgan fingerprint density at radius 1 is 1.29 bits per heavy atom. The molecule has 1 aliphatic heterocycles. The molecular formula is C27H35N6O8P. The first-order valence-electron chi connectivity index (χ1n) is 13.3. The molecule has 15 heteroatoms. The molecule has 14 nitrogen and oxygen atoms in total. The summed E-state index contributed by atoms with van der Waals surface area (Å²) in [5, 5.41) is 38.8. The van der Waals surface area contributed by atoms with E-state index in [0.717, 1.165) is 0 Å². The summed E-state index contributed by atoms with van der Waals surface area (Å²) in [6.45, 7) is 6.70. The lowest BCUT2D eigenvalue weighted by Crippen LogP contribution is -2.46. The molecule has 42 heavy (non-hydrogen) atoms. The SMILES string of the molecule is CC[C@H](NP(=O)(OC[C@@]1(C#N)O[C@@H](c2ccc3c(N)ncnn23)[C@H](O)[C@@H]1O)Oc1ccccc1)C(=O)OCC(C)(C)C. The van der Waals surface area contributed by atoms with E-state index in [1.54, 1.807) is 37.3 Å². The average Bonchev–Trinajstić information content (AvgIpc) is 3.49. The highest BCUT2D eigenvalue weighted by Gasteiger charge is 2.57. The second-order valence-corrected chi connectivity index (χ2v) is 12.8. The molecule has 0 amide bonds. The van der Waals surface area contributed by atoms with Crippen LogP contribution in [0.15, 0.2) is 48.8 Å². The zero-order chi connectivity index (χ0) is 30.7. The van der Waals surface area contributed by atoms with Gasteiger partial charge in [-0.3, -0.25) is 9.32 Å². The van der Waals surface area contributed by atoms with E-state index in [2.05, 4.69) is 15.2 Å². The Morgan fingerprint density at radius 3 is 2.64 bits per heavy atom. The number of nitrogens with zero attached hydrogens (tertiary/aromatic N) is 4. The lowest BCUT2D eigenvalue weighted by Gasteiger charge is -2.29. The molecule has 226 valence electrons. The third-order valence-electron chi connectivity index (χ3n) is 6.51. The quantitative estimate of drug-likeness (QED) is 0.184. The number of rotatable bonds is 11. The zero-order valence-corrected chi connectivity index (χ0v) is 24.6. The fourth-order valence-corrected chi connectivity index (χ4v) is 5.87. The molecular weight excluding hydrogens is 567 g/mol. The summed E-state index contributed by atoms with van der Waals surface area (Å²) >= 11 is 0. The minimum Gasteiger partial charge on any atom is -0.464 e. The fraction of sp³-hybridized carbons (Fsp3) is 0.481. The fourth-order valence-electron chi connectivity index (χ4n) is 4.26. The van der Waals surface area contributed by atoms with E-state index in [1.165, 1.54) is 23.0 Å². The van der Waals surface area contributed by atoms with Crippen molar-refractivity contribution in [3.05, 3.63) is 54.5 Å². The Bertz CT molecular complexity index is 1490. The minimum absolute atomic E-state index is 0.122. The summed E-state index contributed by atoms with van der Waals surface area (Å²) in [4.78, 5) is 16.8. The van der Waals surface area contributed by atoms with Crippen molar-refractivity contribution in [3.8, 4) is 11.8 Å². The zero-order valence-electron chi connectivity index (χ0n) is 23.7. The number of hydrogen-bond donors (Lipinski definition) is 4. The first kappa shape index (κ1) is 31.4. The maximum Gasteiger partial charge on any atom is 0.459 e. The lowest BCUT2D eigenvalue weighted by atomic mass is 9.96. The summed E-state index contributed by atoms with van der Waals surface area (Å²) in [6, 6.07) is 12.0. The first-order chi connectivity index (χ1) is 19.8. The van der Waals surface area contributed by atoms with Crippen molar-refractivity contribution in [2.45, 2.75) is 64.1 Å². The Balaban J connectivity index is 1.59. The van der Waals surface area contributed by atoms with Crippen molar-refractivity contribution in [3.63, 3.8) is 0 Å². The predicted octanol–water partition coefficient (Wildman–Crippen LogP) is 2.53. The first-order valence-corrected chi connectivity index (χ1v) is 14.8. The van der Waals surface area contributed by atoms with Crippen LogP contribution in [-0.4, -0.2) is 67.8 Å². The van der Waals surface area contributed by atoms with Crippen molar-refractivity contribution in [2.75, 3.05) is 18.9 Å². The number of hydrogen-bond acceptors (Lipinski definition) is 12. The van der Waals surface area contributed by atoms with Crippen molar-refractivity contribution >= 4 is 25.1 Å². The monoisotopic (exact) mass is 602 g/mol. The van der Waals surface area contributed by atoms with Gasteiger partial charge in [-0.05, 0) is 36.1 Å². The second-order valence-electron chi connectivity index (χ2n) is 11.1. The highest BCUT2D eigenvalue weighted by atomic mass is 31.2. The minimum atomic E-state index is -4.43. The van der Waals surface area contributed by atoms with Gasteiger partial charge in [-0.25, -0.2) is 14.1 Å². The van der Waals surface area contributed by atoms with Crippen LogP contribution in [0.2, 0.25) is 0 Å². The molecule has 3 aromatic rings. The maximum absolute atomic E-state index is 14.1. The van der Waals surface area contributed by atoms with Gasteiger partial charge in [0.2, 0.25) is 5.60 Å². The highest BCUT2D eigenvalue weighted by molar-refractivity contribution is 7.52. The Kier molecular flexibility index (Phi) is 9.22. The number of esters is 1. The van der Waals surface area contributed by atoms with E-state index in [1.807, 2.05) is 26.8 Å². The van der Waals surface area contributed by atoms with E-state index < -0.39 is 50.3 Å². The molecule has 3 heterocycles. The van der Waals surface area contributed by atoms with E-state index in [-0.39, 0.29) is 35.7 Å². The summed E-state index contributed by atoms with van der Waals surface area (Å²) < 4.78 is 38.1. The van der Waals surface area contributed by atoms with Crippen LogP contribution in [0.25, 0.3) is 5.52 Å². The number of aliphatic hydroxyl groups is 2. The molecule has 2 aromatic heterocycles. The molecule has 5 N–H and O–H groups in total. The normalized spacial score (nSPS) is 24.5. The maximum atomic E-state index is 14.1. The van der Waals surface area contributed by atoms with Crippen molar-refractivity contribution in [1.29, 1.82) is 5.26 Å². The van der Waals surface area contributed by atoms with Gasteiger partial charge in [0.25, 0.3) is 0 Å². The largest absolute Gasteiger partial charge is 0.464 e. The summed E-state index contributed by atoms with van der Waals surface area (Å²) in [6.07, 6.45) is -3.24. The number of carbonyl (C=O) groups is 1. The number of aliphatic hydroxyl groups excluding tert-OH is 2. The lowest BCUT2D eigenvalue weighted by molar-refractivity contribution is -0.148. The molecule has 0 saturated carbocycles. The summed E-state index contributed by atoms with van der Waals surface area (Å²) in [5.74, 6) is -0.340. The van der Waals surface area contributed by atoms with E-state index >= 15 is 0 Å². The third kappa shape index (κ3) is 6.73. The molecule has 0 aliphatic carbocycles. The van der Waals surface area contributed by atoms with Crippen LogP contribution < -0.4 is 15.3 Å². The molecule has 0 radical (unpaired) electrons. The molecule has 1 fully saturated rings. The summed E-state index contributed by atoms with van der Waals surface area (Å²) in [5.41, 5.74) is 4.13. The van der Waals surface area contributed by atoms with Crippen LogP contribution in [-0.2, 0) is 23.4 Å². The van der Waals surface area contributed by atoms with Gasteiger partial charge in [-0.2, -0.15) is 15.4 Å². The molecule has 6 atom stereocenters. The topological polar surface area (TPSA) is 204 Å². The number of nitrogen functional groups attached to an aromatic ring is 1. The van der Waals surface area contributed by atoms with Crippen molar-refractivity contribution < 1.29 is 38.1 Å². The Labute approximate surface area is 242 Å². The van der Waals surface area contributed by atoms with Crippen molar-refractivity contribution in [1.82, 2.24) is 19.7 Å². The third-order valence-corrected chi connectivity index (χ3v) is 8.06. The van der Waals surface area contributed by atoms with Crippen LogP contribution in [0, 0.1) is 16.7 Å². The number of benzene rings is 1. The van der Waals surface area contributed by atoms with E-state index in [9.17, 15) is 24.8 Å². The number of carbonyl (C=O) groups excluding carboxylic acids is 1. The van der Waals surface area contributed by atoms with Crippen LogP contribution in [0.1, 0.15) is 45.9 Å². The molecule has 1 aromatic carbocycles. The van der Waals surface area contributed by atoms with Gasteiger partial charge in [0.15, 0.2) is 5.82 Å². The molecule has 0 bridgehead atoms. The number of ether oxygens (including phenoxy) is 2. The van der Waals surface area contributed by atoms with Crippen LogP contribution in [0.5, 0.6) is 5.75 Å².